The lowest BCUT2D eigenvalue weighted by atomic mass is 10.2. The first-order valence-electron chi connectivity index (χ1n) is 6.84. The van der Waals surface area contributed by atoms with Crippen LogP contribution < -0.4 is 10.1 Å². The molecule has 1 fully saturated rings. The molecule has 1 saturated heterocycles. The van der Waals surface area contributed by atoms with Gasteiger partial charge >= 0.3 is 0 Å². The van der Waals surface area contributed by atoms with Crippen LogP contribution in [-0.2, 0) is 14.4 Å². The van der Waals surface area contributed by atoms with Gasteiger partial charge < -0.3 is 9.64 Å². The predicted octanol–water partition coefficient (Wildman–Crippen LogP) is 0.639. The van der Waals surface area contributed by atoms with Gasteiger partial charge in [0.2, 0.25) is 17.7 Å². The summed E-state index contributed by atoms with van der Waals surface area (Å²) < 4.78 is 5.52. The van der Waals surface area contributed by atoms with Crippen LogP contribution in [0.3, 0.4) is 0 Å². The number of nitrogens with one attached hydrogen (secondary N) is 1. The molecule has 1 heterocycles. The molecule has 2 rings (SSSR count). The Bertz CT molecular complexity index is 523. The second-order valence-electron chi connectivity index (χ2n) is 4.99. The number of aryl methyl sites for hydroxylation is 1. The Balaban J connectivity index is 1.70. The minimum atomic E-state index is -0.435. The lowest BCUT2D eigenvalue weighted by Gasteiger charge is -2.25. The molecule has 0 atom stereocenters. The summed E-state index contributed by atoms with van der Waals surface area (Å²) >= 11 is 0. The van der Waals surface area contributed by atoms with Gasteiger partial charge in [-0.3, -0.25) is 19.7 Å². The summed E-state index contributed by atoms with van der Waals surface area (Å²) in [7, 11) is 0. The number of nitrogens with zero attached hydrogens (tertiary/aromatic N) is 1. The van der Waals surface area contributed by atoms with Gasteiger partial charge in [-0.15, -0.1) is 0 Å². The van der Waals surface area contributed by atoms with Crippen molar-refractivity contribution in [2.45, 2.75) is 19.8 Å². The van der Waals surface area contributed by atoms with Gasteiger partial charge in [0.25, 0.3) is 0 Å². The Kier molecular flexibility index (Phi) is 4.92. The lowest BCUT2D eigenvalue weighted by Crippen LogP contribution is -2.53. The third-order valence-corrected chi connectivity index (χ3v) is 3.13. The van der Waals surface area contributed by atoms with Gasteiger partial charge in [-0.1, -0.05) is 17.7 Å². The molecule has 1 aliphatic rings. The number of rotatable bonds is 5. The molecule has 21 heavy (non-hydrogen) atoms. The first-order valence-corrected chi connectivity index (χ1v) is 6.84. The van der Waals surface area contributed by atoms with E-state index in [1.807, 2.05) is 31.2 Å². The molecule has 0 bridgehead atoms. The standard InChI is InChI=1S/C15H18N2O4/c1-11-4-6-12(7-5-11)21-8-2-3-15(20)17-9-13(18)16-14(19)10-17/h4-7H,2-3,8-10H2,1H3,(H,16,18,19). The number of carbonyl (C=O) groups excluding carboxylic acids is 3. The van der Waals surface area contributed by atoms with Crippen LogP contribution in [0, 0.1) is 6.92 Å². The zero-order valence-electron chi connectivity index (χ0n) is 11.9. The van der Waals surface area contributed by atoms with E-state index in [2.05, 4.69) is 5.32 Å². The Morgan fingerprint density at radius 2 is 1.81 bits per heavy atom. The third kappa shape index (κ3) is 4.59. The lowest BCUT2D eigenvalue weighted by molar-refractivity contribution is -0.145. The molecule has 1 aromatic carbocycles. The van der Waals surface area contributed by atoms with Crippen molar-refractivity contribution in [2.24, 2.45) is 0 Å². The van der Waals surface area contributed by atoms with Crippen molar-refractivity contribution in [1.29, 1.82) is 0 Å². The van der Waals surface area contributed by atoms with E-state index < -0.39 is 11.8 Å². The minimum Gasteiger partial charge on any atom is -0.494 e. The molecule has 0 aromatic heterocycles. The van der Waals surface area contributed by atoms with Crippen molar-refractivity contribution in [1.82, 2.24) is 10.2 Å². The molecule has 3 amide bonds. The van der Waals surface area contributed by atoms with Crippen LogP contribution >= 0.6 is 0 Å². The number of amides is 3. The Morgan fingerprint density at radius 3 is 2.43 bits per heavy atom. The van der Waals surface area contributed by atoms with E-state index in [0.717, 1.165) is 11.3 Å². The zero-order valence-corrected chi connectivity index (χ0v) is 11.9. The number of carbonyl (C=O) groups is 3. The van der Waals surface area contributed by atoms with E-state index in [0.29, 0.717) is 13.0 Å². The molecular formula is C15H18N2O4. The highest BCUT2D eigenvalue weighted by atomic mass is 16.5. The fraction of sp³-hybridized carbons (Fsp3) is 0.400. The summed E-state index contributed by atoms with van der Waals surface area (Å²) in [6, 6.07) is 7.67. The maximum absolute atomic E-state index is 11.9. The highest BCUT2D eigenvalue weighted by molar-refractivity contribution is 6.02. The highest BCUT2D eigenvalue weighted by Crippen LogP contribution is 2.12. The van der Waals surface area contributed by atoms with E-state index in [1.54, 1.807) is 0 Å². The molecule has 1 aliphatic heterocycles. The molecule has 0 aliphatic carbocycles. The van der Waals surface area contributed by atoms with Crippen molar-refractivity contribution in [3.05, 3.63) is 29.8 Å². The second-order valence-corrected chi connectivity index (χ2v) is 4.99. The molecule has 1 N–H and O–H groups in total. The Morgan fingerprint density at radius 1 is 1.19 bits per heavy atom. The molecule has 0 spiro atoms. The van der Waals surface area contributed by atoms with E-state index in [-0.39, 0.29) is 25.4 Å². The van der Waals surface area contributed by atoms with Crippen LogP contribution in [0.15, 0.2) is 24.3 Å². The molecule has 6 nitrogen and oxygen atoms in total. The largest absolute Gasteiger partial charge is 0.494 e. The van der Waals surface area contributed by atoms with E-state index in [9.17, 15) is 14.4 Å². The molecule has 112 valence electrons. The van der Waals surface area contributed by atoms with E-state index >= 15 is 0 Å². The molecule has 6 heteroatoms. The summed E-state index contributed by atoms with van der Waals surface area (Å²) in [5.74, 6) is -0.308. The zero-order chi connectivity index (χ0) is 15.2. The number of piperazine rings is 1. The first-order chi connectivity index (χ1) is 10.0. The van der Waals surface area contributed by atoms with Gasteiger partial charge in [0.1, 0.15) is 18.8 Å². The van der Waals surface area contributed by atoms with Crippen LogP contribution in [0.2, 0.25) is 0 Å². The van der Waals surface area contributed by atoms with Gasteiger partial charge in [0.15, 0.2) is 0 Å². The van der Waals surface area contributed by atoms with Crippen molar-refractivity contribution >= 4 is 17.7 Å². The number of hydrogen-bond acceptors (Lipinski definition) is 4. The van der Waals surface area contributed by atoms with Gasteiger partial charge in [-0.2, -0.15) is 0 Å². The maximum atomic E-state index is 11.9. The smallest absolute Gasteiger partial charge is 0.246 e. The van der Waals surface area contributed by atoms with Gasteiger partial charge in [0, 0.05) is 6.42 Å². The Hall–Kier alpha value is -2.37. The monoisotopic (exact) mass is 290 g/mol. The predicted molar refractivity (Wildman–Crippen MR) is 75.6 cm³/mol. The second kappa shape index (κ2) is 6.88. The average molecular weight is 290 g/mol. The molecule has 1 aromatic rings. The van der Waals surface area contributed by atoms with E-state index in [4.69, 9.17) is 4.74 Å². The molecule has 0 saturated carbocycles. The van der Waals surface area contributed by atoms with Crippen molar-refractivity contribution in [3.8, 4) is 5.75 Å². The van der Waals surface area contributed by atoms with Crippen molar-refractivity contribution in [2.75, 3.05) is 19.7 Å². The normalized spacial score (nSPS) is 14.8. The van der Waals surface area contributed by atoms with Crippen LogP contribution in [-0.4, -0.2) is 42.3 Å². The van der Waals surface area contributed by atoms with Crippen molar-refractivity contribution in [3.63, 3.8) is 0 Å². The first kappa shape index (κ1) is 15.0. The summed E-state index contributed by atoms with van der Waals surface area (Å²) in [5, 5.41) is 2.16. The number of imide groups is 1. The van der Waals surface area contributed by atoms with Crippen molar-refractivity contribution < 1.29 is 19.1 Å². The van der Waals surface area contributed by atoms with E-state index in [1.165, 1.54) is 4.90 Å². The molecule has 0 radical (unpaired) electrons. The number of benzene rings is 1. The SMILES string of the molecule is Cc1ccc(OCCCC(=O)N2CC(=O)NC(=O)C2)cc1. The minimum absolute atomic E-state index is 0.0522. The molecular weight excluding hydrogens is 272 g/mol. The van der Waals surface area contributed by atoms with Crippen LogP contribution in [0.1, 0.15) is 18.4 Å². The quantitative estimate of drug-likeness (QED) is 0.638. The third-order valence-electron chi connectivity index (χ3n) is 3.13. The topological polar surface area (TPSA) is 75.7 Å². The summed E-state index contributed by atoms with van der Waals surface area (Å²) in [6.45, 7) is 2.31. The highest BCUT2D eigenvalue weighted by Gasteiger charge is 2.25. The number of hydrogen-bond donors (Lipinski definition) is 1. The number of ether oxygens (including phenoxy) is 1. The summed E-state index contributed by atoms with van der Waals surface area (Å²) in [4.78, 5) is 35.5. The van der Waals surface area contributed by atoms with Gasteiger partial charge in [-0.05, 0) is 25.5 Å². The summed E-state index contributed by atoms with van der Waals surface area (Å²) in [6.07, 6.45) is 0.797. The van der Waals surface area contributed by atoms with Crippen LogP contribution in [0.5, 0.6) is 5.75 Å². The molecule has 0 unspecified atom stereocenters. The Labute approximate surface area is 123 Å². The van der Waals surface area contributed by atoms with Crippen LogP contribution in [0.25, 0.3) is 0 Å². The fourth-order valence-electron chi connectivity index (χ4n) is 2.02. The van der Waals surface area contributed by atoms with Crippen LogP contribution in [0.4, 0.5) is 0 Å². The average Bonchev–Trinajstić information content (AvgIpc) is 2.44. The summed E-state index contributed by atoms with van der Waals surface area (Å²) in [5.41, 5.74) is 1.16. The van der Waals surface area contributed by atoms with Gasteiger partial charge in [-0.25, -0.2) is 0 Å². The fourth-order valence-corrected chi connectivity index (χ4v) is 2.02. The van der Waals surface area contributed by atoms with Gasteiger partial charge in [0.05, 0.1) is 6.61 Å². The maximum Gasteiger partial charge on any atom is 0.246 e.